The number of hydrogen-bond donors (Lipinski definition) is 2. The average Bonchev–Trinajstić information content (AvgIpc) is 2.84. The molecule has 0 atom stereocenters. The van der Waals surface area contributed by atoms with E-state index in [4.69, 9.17) is 21.1 Å². The molecule has 0 bridgehead atoms. The second-order valence-corrected chi connectivity index (χ2v) is 7.18. The van der Waals surface area contributed by atoms with Gasteiger partial charge in [-0.15, -0.1) is 0 Å². The van der Waals surface area contributed by atoms with Crippen molar-refractivity contribution in [3.63, 3.8) is 0 Å². The van der Waals surface area contributed by atoms with Crippen molar-refractivity contribution in [3.05, 3.63) is 88.9 Å². The number of halogens is 1. The second-order valence-electron chi connectivity index (χ2n) is 6.75. The maximum atomic E-state index is 12.3. The Bertz CT molecular complexity index is 1190. The summed E-state index contributed by atoms with van der Waals surface area (Å²) < 4.78 is 10.5. The molecule has 2 N–H and O–H groups in total. The molecule has 0 aliphatic carbocycles. The molecule has 0 aliphatic rings. The van der Waals surface area contributed by atoms with Gasteiger partial charge in [0.2, 0.25) is 0 Å². The van der Waals surface area contributed by atoms with Gasteiger partial charge in [0.1, 0.15) is 11.5 Å². The van der Waals surface area contributed by atoms with Crippen LogP contribution in [-0.4, -0.2) is 30.6 Å². The zero-order valence-corrected chi connectivity index (χ0v) is 18.6. The van der Waals surface area contributed by atoms with E-state index >= 15 is 0 Å². The van der Waals surface area contributed by atoms with Crippen LogP contribution in [0.5, 0.6) is 11.5 Å². The molecule has 0 aromatic heterocycles. The van der Waals surface area contributed by atoms with Crippen LogP contribution in [0.15, 0.2) is 77.9 Å². The summed E-state index contributed by atoms with van der Waals surface area (Å²) in [6.07, 6.45) is 0. The van der Waals surface area contributed by atoms with E-state index in [2.05, 4.69) is 15.8 Å². The molecule has 0 saturated heterocycles. The molecular weight excluding hydrogens is 446 g/mol. The van der Waals surface area contributed by atoms with E-state index in [0.717, 1.165) is 0 Å². The lowest BCUT2D eigenvalue weighted by Gasteiger charge is -2.07. The van der Waals surface area contributed by atoms with E-state index < -0.39 is 17.8 Å². The number of nitrogens with one attached hydrogen (secondary N) is 2. The lowest BCUT2D eigenvalue weighted by Crippen LogP contribution is -2.32. The summed E-state index contributed by atoms with van der Waals surface area (Å²) in [7, 11) is 1.52. The van der Waals surface area contributed by atoms with Crippen LogP contribution in [0.3, 0.4) is 0 Å². The number of nitrogens with zero attached hydrogens (tertiary/aromatic N) is 1. The molecule has 2 amide bonds. The number of hydrogen-bond acceptors (Lipinski definition) is 6. The summed E-state index contributed by atoms with van der Waals surface area (Å²) in [6.45, 7) is 1.66. The highest BCUT2D eigenvalue weighted by molar-refractivity contribution is 6.39. The number of methoxy groups -OCH3 is 1. The third-order valence-electron chi connectivity index (χ3n) is 4.42. The van der Waals surface area contributed by atoms with Gasteiger partial charge in [-0.25, -0.2) is 10.2 Å². The van der Waals surface area contributed by atoms with Crippen molar-refractivity contribution in [3.8, 4) is 11.5 Å². The number of esters is 1. The molecule has 0 spiro atoms. The number of anilines is 1. The van der Waals surface area contributed by atoms with Crippen molar-refractivity contribution in [1.29, 1.82) is 0 Å². The van der Waals surface area contributed by atoms with Gasteiger partial charge in [0.15, 0.2) is 0 Å². The summed E-state index contributed by atoms with van der Waals surface area (Å²) in [5.74, 6) is -1.42. The Balaban J connectivity index is 1.56. The van der Waals surface area contributed by atoms with Crippen LogP contribution in [0.4, 0.5) is 5.69 Å². The number of hydrazone groups is 1. The van der Waals surface area contributed by atoms with Crippen LogP contribution in [-0.2, 0) is 9.59 Å². The molecule has 168 valence electrons. The summed E-state index contributed by atoms with van der Waals surface area (Å²) >= 11 is 5.79. The largest absolute Gasteiger partial charge is 0.497 e. The lowest BCUT2D eigenvalue weighted by atomic mass is 10.1. The van der Waals surface area contributed by atoms with Gasteiger partial charge in [-0.05, 0) is 79.2 Å². The first-order valence-corrected chi connectivity index (χ1v) is 10.1. The first-order chi connectivity index (χ1) is 15.9. The fourth-order valence-electron chi connectivity index (χ4n) is 2.65. The minimum atomic E-state index is -0.923. The van der Waals surface area contributed by atoms with E-state index in [-0.39, 0.29) is 0 Å². The molecule has 0 fully saturated rings. The smallest absolute Gasteiger partial charge is 0.343 e. The summed E-state index contributed by atoms with van der Waals surface area (Å²) in [5, 5.41) is 6.90. The lowest BCUT2D eigenvalue weighted by molar-refractivity contribution is -0.136. The Morgan fingerprint density at radius 1 is 0.848 bits per heavy atom. The highest BCUT2D eigenvalue weighted by atomic mass is 35.5. The Morgan fingerprint density at radius 3 is 2.21 bits per heavy atom. The molecule has 0 radical (unpaired) electrons. The fraction of sp³-hybridized carbons (Fsp3) is 0.0833. The van der Waals surface area contributed by atoms with Gasteiger partial charge in [-0.2, -0.15) is 5.10 Å². The van der Waals surface area contributed by atoms with Crippen molar-refractivity contribution in [2.24, 2.45) is 5.10 Å². The standard InChI is InChI=1S/C24H20ClN3O5/c1-15(27-28-23(30)22(29)26-19-10-8-18(25)9-11-19)16-6-12-20(13-7-16)33-24(31)17-4-3-5-21(14-17)32-2/h3-14H,1-2H3,(H,26,29)(H,28,30)/b27-15+. The van der Waals surface area contributed by atoms with Crippen molar-refractivity contribution in [2.45, 2.75) is 6.92 Å². The highest BCUT2D eigenvalue weighted by Gasteiger charge is 2.14. The number of benzene rings is 3. The molecular formula is C24H20ClN3O5. The fourth-order valence-corrected chi connectivity index (χ4v) is 2.78. The first-order valence-electron chi connectivity index (χ1n) is 9.73. The summed E-state index contributed by atoms with van der Waals surface area (Å²) in [6, 6.07) is 19.5. The minimum Gasteiger partial charge on any atom is -0.497 e. The predicted molar refractivity (Wildman–Crippen MR) is 125 cm³/mol. The topological polar surface area (TPSA) is 106 Å². The van der Waals surface area contributed by atoms with E-state index in [0.29, 0.717) is 39.0 Å². The van der Waals surface area contributed by atoms with E-state index in [1.54, 1.807) is 79.7 Å². The molecule has 0 unspecified atom stereocenters. The molecule has 0 aliphatic heterocycles. The first kappa shape index (κ1) is 23.5. The average molecular weight is 466 g/mol. The number of ether oxygens (including phenoxy) is 2. The van der Waals surface area contributed by atoms with Gasteiger partial charge in [0.25, 0.3) is 0 Å². The zero-order valence-electron chi connectivity index (χ0n) is 17.8. The summed E-state index contributed by atoms with van der Waals surface area (Å²) in [5.41, 5.74) is 4.11. The molecule has 3 rings (SSSR count). The third-order valence-corrected chi connectivity index (χ3v) is 4.67. The van der Waals surface area contributed by atoms with Crippen LogP contribution < -0.4 is 20.2 Å². The Kier molecular flexibility index (Phi) is 7.77. The number of carbonyl (C=O) groups excluding carboxylic acids is 3. The highest BCUT2D eigenvalue weighted by Crippen LogP contribution is 2.18. The van der Waals surface area contributed by atoms with Crippen LogP contribution >= 0.6 is 11.6 Å². The molecule has 0 saturated carbocycles. The van der Waals surface area contributed by atoms with Crippen LogP contribution in [0.1, 0.15) is 22.8 Å². The van der Waals surface area contributed by atoms with E-state index in [9.17, 15) is 14.4 Å². The quantitative estimate of drug-likeness (QED) is 0.188. The van der Waals surface area contributed by atoms with E-state index in [1.165, 1.54) is 7.11 Å². The van der Waals surface area contributed by atoms with E-state index in [1.807, 2.05) is 0 Å². The van der Waals surface area contributed by atoms with Gasteiger partial charge in [-0.3, -0.25) is 9.59 Å². The SMILES string of the molecule is COc1cccc(C(=O)Oc2ccc(/C(C)=N/NC(=O)C(=O)Nc3ccc(Cl)cc3)cc2)c1. The molecule has 8 nitrogen and oxygen atoms in total. The van der Waals surface area contributed by atoms with Crippen LogP contribution in [0.2, 0.25) is 5.02 Å². The molecule has 0 heterocycles. The normalized spacial score (nSPS) is 10.8. The van der Waals surface area contributed by atoms with Crippen LogP contribution in [0, 0.1) is 0 Å². The third kappa shape index (κ3) is 6.65. The molecule has 33 heavy (non-hydrogen) atoms. The Morgan fingerprint density at radius 2 is 1.55 bits per heavy atom. The Hall–Kier alpha value is -4.17. The van der Waals surface area contributed by atoms with Gasteiger partial charge >= 0.3 is 17.8 Å². The maximum Gasteiger partial charge on any atom is 0.343 e. The maximum absolute atomic E-state index is 12.3. The van der Waals surface area contributed by atoms with Gasteiger partial charge in [0, 0.05) is 10.7 Å². The van der Waals surface area contributed by atoms with Gasteiger partial charge in [-0.1, -0.05) is 17.7 Å². The molecule has 3 aromatic rings. The predicted octanol–water partition coefficient (Wildman–Crippen LogP) is 4.05. The van der Waals surface area contributed by atoms with Crippen molar-refractivity contribution in [2.75, 3.05) is 12.4 Å². The Labute approximate surface area is 195 Å². The second kappa shape index (κ2) is 10.9. The number of rotatable bonds is 6. The minimum absolute atomic E-state index is 0.339. The van der Waals surface area contributed by atoms with Gasteiger partial charge in [0.05, 0.1) is 18.4 Å². The van der Waals surface area contributed by atoms with Crippen molar-refractivity contribution >= 4 is 40.8 Å². The number of carbonyl (C=O) groups is 3. The number of amides is 2. The summed E-state index contributed by atoms with van der Waals surface area (Å²) in [4.78, 5) is 36.2. The van der Waals surface area contributed by atoms with Crippen molar-refractivity contribution in [1.82, 2.24) is 5.43 Å². The van der Waals surface area contributed by atoms with Crippen LogP contribution in [0.25, 0.3) is 0 Å². The zero-order chi connectivity index (χ0) is 23.8. The van der Waals surface area contributed by atoms with Crippen molar-refractivity contribution < 1.29 is 23.9 Å². The monoisotopic (exact) mass is 465 g/mol. The molecule has 9 heteroatoms. The van der Waals surface area contributed by atoms with Gasteiger partial charge < -0.3 is 14.8 Å². The molecule has 3 aromatic carbocycles.